The van der Waals surface area contributed by atoms with Gasteiger partial charge in [-0.2, -0.15) is 0 Å². The number of halogens is 1. The zero-order chi connectivity index (χ0) is 18.3. The second kappa shape index (κ2) is 6.25. The fourth-order valence-corrected chi connectivity index (χ4v) is 3.90. The van der Waals surface area contributed by atoms with Gasteiger partial charge >= 0.3 is 5.97 Å². The van der Waals surface area contributed by atoms with E-state index in [1.807, 2.05) is 0 Å². The van der Waals surface area contributed by atoms with Crippen molar-refractivity contribution in [1.82, 2.24) is 5.06 Å². The van der Waals surface area contributed by atoms with Crippen LogP contribution < -0.4 is 0 Å². The van der Waals surface area contributed by atoms with Crippen LogP contribution in [0.4, 0.5) is 0 Å². The molecule has 5 nitrogen and oxygen atoms in total. The van der Waals surface area contributed by atoms with Crippen LogP contribution >= 0.6 is 11.6 Å². The number of hydroxylamine groups is 2. The highest BCUT2D eigenvalue weighted by atomic mass is 35.5. The number of amides is 2. The number of hydrogen-bond donors (Lipinski definition) is 0. The highest BCUT2D eigenvalue weighted by Gasteiger charge is 2.48. The normalized spacial score (nSPS) is 18.1. The Hall–Kier alpha value is -2.66. The number of carbonyl (C=O) groups excluding carboxylic acids is 3. The lowest BCUT2D eigenvalue weighted by molar-refractivity contribution is -0.175. The maximum Gasteiger partial charge on any atom is 0.343 e. The molecule has 0 unspecified atom stereocenters. The van der Waals surface area contributed by atoms with Gasteiger partial charge in [-0.05, 0) is 42.7 Å². The lowest BCUT2D eigenvalue weighted by Gasteiger charge is -2.28. The molecule has 2 amide bonds. The minimum absolute atomic E-state index is 0.247. The van der Waals surface area contributed by atoms with Gasteiger partial charge in [-0.15, -0.1) is 0 Å². The first kappa shape index (κ1) is 16.8. The van der Waals surface area contributed by atoms with Crippen molar-refractivity contribution < 1.29 is 19.2 Å². The van der Waals surface area contributed by atoms with Crippen molar-refractivity contribution in [2.75, 3.05) is 0 Å². The third kappa shape index (κ3) is 2.51. The number of fused-ring (bicyclic) bond motifs is 1. The van der Waals surface area contributed by atoms with E-state index in [1.54, 1.807) is 48.5 Å². The van der Waals surface area contributed by atoms with Gasteiger partial charge in [-0.1, -0.05) is 53.8 Å². The predicted octanol–water partition coefficient (Wildman–Crippen LogP) is 3.91. The van der Waals surface area contributed by atoms with Crippen LogP contribution in [0.3, 0.4) is 0 Å². The van der Waals surface area contributed by atoms with E-state index < -0.39 is 23.2 Å². The molecule has 0 bridgehead atoms. The Kier molecular flexibility index (Phi) is 4.04. The van der Waals surface area contributed by atoms with E-state index in [-0.39, 0.29) is 11.1 Å². The fraction of sp³-hybridized carbons (Fsp3) is 0.250. The smallest absolute Gasteiger partial charge is 0.329 e. The lowest BCUT2D eigenvalue weighted by Crippen LogP contribution is -2.41. The van der Waals surface area contributed by atoms with Crippen LogP contribution in [0.5, 0.6) is 0 Å². The Morgan fingerprint density at radius 1 is 0.923 bits per heavy atom. The molecule has 2 aromatic carbocycles. The molecule has 0 N–H and O–H groups in total. The molecule has 1 aliphatic heterocycles. The molecule has 1 heterocycles. The number of benzene rings is 2. The zero-order valence-electron chi connectivity index (χ0n) is 13.9. The van der Waals surface area contributed by atoms with Gasteiger partial charge in [0.05, 0.1) is 16.5 Å². The number of rotatable bonds is 3. The van der Waals surface area contributed by atoms with Crippen LogP contribution in [0, 0.1) is 0 Å². The average molecular weight is 370 g/mol. The van der Waals surface area contributed by atoms with Gasteiger partial charge in [0.2, 0.25) is 0 Å². The summed E-state index contributed by atoms with van der Waals surface area (Å²) in [6, 6.07) is 13.5. The van der Waals surface area contributed by atoms with Crippen LogP contribution in [0.25, 0.3) is 0 Å². The van der Waals surface area contributed by atoms with Crippen LogP contribution in [0.2, 0.25) is 5.02 Å². The van der Waals surface area contributed by atoms with Crippen molar-refractivity contribution in [3.05, 3.63) is 70.2 Å². The summed E-state index contributed by atoms with van der Waals surface area (Å²) < 4.78 is 0. The number of carbonyl (C=O) groups is 3. The third-order valence-corrected chi connectivity index (χ3v) is 5.43. The Morgan fingerprint density at radius 3 is 2.00 bits per heavy atom. The van der Waals surface area contributed by atoms with Gasteiger partial charge in [0.25, 0.3) is 11.8 Å². The summed E-state index contributed by atoms with van der Waals surface area (Å²) in [5, 5.41) is 1.17. The molecule has 0 aromatic heterocycles. The van der Waals surface area contributed by atoms with Crippen LogP contribution in [0.1, 0.15) is 52.0 Å². The first-order chi connectivity index (χ1) is 12.5. The zero-order valence-corrected chi connectivity index (χ0v) is 14.7. The molecule has 0 atom stereocenters. The SMILES string of the molecule is O=C1c2ccccc2C(=O)N1OC(=O)C1(c2ccc(Cl)cc2)CCCC1. The maximum absolute atomic E-state index is 13.0. The van der Waals surface area contributed by atoms with Gasteiger partial charge in [0.15, 0.2) is 0 Å². The van der Waals surface area contributed by atoms with Crippen LogP contribution in [-0.4, -0.2) is 22.8 Å². The standard InChI is InChI=1S/C20H16ClNO4/c21-14-9-7-13(8-10-14)20(11-3-4-12-20)19(25)26-22-17(23)15-5-1-2-6-16(15)18(22)24/h1-2,5-10H,3-4,11-12H2. The molecule has 0 spiro atoms. The molecule has 1 fully saturated rings. The van der Waals surface area contributed by atoms with Gasteiger partial charge in [0.1, 0.15) is 0 Å². The predicted molar refractivity (Wildman–Crippen MR) is 94.6 cm³/mol. The van der Waals surface area contributed by atoms with Crippen molar-refractivity contribution in [2.24, 2.45) is 0 Å². The number of nitrogens with zero attached hydrogens (tertiary/aromatic N) is 1. The van der Waals surface area contributed by atoms with Crippen molar-refractivity contribution in [2.45, 2.75) is 31.1 Å². The van der Waals surface area contributed by atoms with Gasteiger partial charge in [-0.3, -0.25) is 9.59 Å². The molecule has 1 aliphatic carbocycles. The molecule has 132 valence electrons. The molecule has 0 radical (unpaired) electrons. The highest BCUT2D eigenvalue weighted by molar-refractivity contribution is 6.30. The summed E-state index contributed by atoms with van der Waals surface area (Å²) in [7, 11) is 0. The van der Waals surface area contributed by atoms with E-state index in [4.69, 9.17) is 16.4 Å². The Balaban J connectivity index is 1.64. The minimum atomic E-state index is -0.861. The number of hydrogen-bond acceptors (Lipinski definition) is 4. The van der Waals surface area contributed by atoms with Crippen molar-refractivity contribution in [3.63, 3.8) is 0 Å². The van der Waals surface area contributed by atoms with Crippen LogP contribution in [0.15, 0.2) is 48.5 Å². The fourth-order valence-electron chi connectivity index (χ4n) is 3.78. The van der Waals surface area contributed by atoms with Crippen molar-refractivity contribution in [3.8, 4) is 0 Å². The first-order valence-electron chi connectivity index (χ1n) is 8.49. The molecule has 1 saturated carbocycles. The maximum atomic E-state index is 13.0. The van der Waals surface area contributed by atoms with E-state index in [9.17, 15) is 14.4 Å². The third-order valence-electron chi connectivity index (χ3n) is 5.18. The second-order valence-electron chi connectivity index (χ2n) is 6.63. The van der Waals surface area contributed by atoms with E-state index >= 15 is 0 Å². The van der Waals surface area contributed by atoms with Crippen LogP contribution in [-0.2, 0) is 15.0 Å². The molecule has 2 aliphatic rings. The second-order valence-corrected chi connectivity index (χ2v) is 7.06. The van der Waals surface area contributed by atoms with E-state index in [0.29, 0.717) is 22.9 Å². The highest BCUT2D eigenvalue weighted by Crippen LogP contribution is 2.43. The molecule has 4 rings (SSSR count). The molecule has 6 heteroatoms. The molecular weight excluding hydrogens is 354 g/mol. The summed E-state index contributed by atoms with van der Waals surface area (Å²) in [6.07, 6.45) is 2.97. The molecule has 26 heavy (non-hydrogen) atoms. The van der Waals surface area contributed by atoms with Gasteiger partial charge in [-0.25, -0.2) is 4.79 Å². The monoisotopic (exact) mass is 369 g/mol. The van der Waals surface area contributed by atoms with Crippen molar-refractivity contribution >= 4 is 29.4 Å². The summed E-state index contributed by atoms with van der Waals surface area (Å²) in [5.74, 6) is -1.79. The van der Waals surface area contributed by atoms with Crippen molar-refractivity contribution in [1.29, 1.82) is 0 Å². The molecule has 2 aromatic rings. The average Bonchev–Trinajstić information content (AvgIpc) is 3.24. The number of imide groups is 1. The van der Waals surface area contributed by atoms with E-state index in [1.165, 1.54) is 0 Å². The lowest BCUT2D eigenvalue weighted by atomic mass is 9.79. The Bertz CT molecular complexity index is 865. The van der Waals surface area contributed by atoms with Gasteiger partial charge < -0.3 is 4.84 Å². The summed E-state index contributed by atoms with van der Waals surface area (Å²) >= 11 is 5.96. The summed E-state index contributed by atoms with van der Waals surface area (Å²) in [5.41, 5.74) is 0.426. The topological polar surface area (TPSA) is 63.7 Å². The Morgan fingerprint density at radius 2 is 1.46 bits per heavy atom. The minimum Gasteiger partial charge on any atom is -0.329 e. The first-order valence-corrected chi connectivity index (χ1v) is 8.87. The summed E-state index contributed by atoms with van der Waals surface area (Å²) in [4.78, 5) is 43.3. The van der Waals surface area contributed by atoms with Gasteiger partial charge in [0, 0.05) is 5.02 Å². The molecular formula is C20H16ClNO4. The summed E-state index contributed by atoms with van der Waals surface area (Å²) in [6.45, 7) is 0. The molecule has 0 saturated heterocycles. The largest absolute Gasteiger partial charge is 0.343 e. The Labute approximate surface area is 155 Å². The van der Waals surface area contributed by atoms with E-state index in [0.717, 1.165) is 18.4 Å². The quantitative estimate of drug-likeness (QED) is 0.769. The van der Waals surface area contributed by atoms with E-state index in [2.05, 4.69) is 0 Å².